The van der Waals surface area contributed by atoms with Crippen LogP contribution in [0, 0.1) is 6.92 Å². The number of carbonyl (C=O) groups excluding carboxylic acids is 2. The van der Waals surface area contributed by atoms with Crippen LogP contribution in [0.5, 0.6) is 0 Å². The summed E-state index contributed by atoms with van der Waals surface area (Å²) in [6, 6.07) is 5.57. The standard InChI is InChI=1S/C19H30N4O2/c1-4-10-23-11-8-15(9-12-23)21-19(25)22-17-13-16(7-6-14(17)3)20-18(24)5-2/h6-7,13,15H,4-5,8-12H2,1-3H3,(H,20,24)(H2,21,22,25). The van der Waals surface area contributed by atoms with Gasteiger partial charge >= 0.3 is 6.03 Å². The van der Waals surface area contributed by atoms with E-state index >= 15 is 0 Å². The number of amides is 3. The predicted molar refractivity (Wildman–Crippen MR) is 102 cm³/mol. The second-order valence-corrected chi connectivity index (χ2v) is 6.65. The van der Waals surface area contributed by atoms with Crippen molar-refractivity contribution in [3.8, 4) is 0 Å². The molecule has 0 unspecified atom stereocenters. The highest BCUT2D eigenvalue weighted by Gasteiger charge is 2.20. The first-order chi connectivity index (χ1) is 12.0. The van der Waals surface area contributed by atoms with E-state index in [0.717, 1.165) is 43.7 Å². The van der Waals surface area contributed by atoms with Gasteiger partial charge < -0.3 is 20.9 Å². The molecule has 0 saturated carbocycles. The number of hydrogen-bond donors (Lipinski definition) is 3. The lowest BCUT2D eigenvalue weighted by Crippen LogP contribution is -2.46. The van der Waals surface area contributed by atoms with Crippen molar-refractivity contribution in [2.24, 2.45) is 0 Å². The van der Waals surface area contributed by atoms with Gasteiger partial charge in [-0.1, -0.05) is 19.9 Å². The fraction of sp³-hybridized carbons (Fsp3) is 0.579. The van der Waals surface area contributed by atoms with Gasteiger partial charge in [0, 0.05) is 36.9 Å². The Bertz CT molecular complexity index is 595. The summed E-state index contributed by atoms with van der Waals surface area (Å²) in [6.45, 7) is 9.14. The Morgan fingerprint density at radius 1 is 1.16 bits per heavy atom. The fourth-order valence-electron chi connectivity index (χ4n) is 3.04. The van der Waals surface area contributed by atoms with E-state index < -0.39 is 0 Å². The maximum atomic E-state index is 12.3. The van der Waals surface area contributed by atoms with Gasteiger partial charge in [0.15, 0.2) is 0 Å². The number of urea groups is 1. The fourth-order valence-corrected chi connectivity index (χ4v) is 3.04. The molecule has 1 aliphatic rings. The van der Waals surface area contributed by atoms with Gasteiger partial charge in [-0.3, -0.25) is 4.79 Å². The van der Waals surface area contributed by atoms with Crippen LogP contribution in [-0.4, -0.2) is 42.5 Å². The van der Waals surface area contributed by atoms with Crippen molar-refractivity contribution in [2.45, 2.75) is 52.5 Å². The van der Waals surface area contributed by atoms with Crippen LogP contribution >= 0.6 is 0 Å². The zero-order valence-corrected chi connectivity index (χ0v) is 15.5. The Hall–Kier alpha value is -2.08. The number of benzene rings is 1. The number of likely N-dealkylation sites (tertiary alicyclic amines) is 1. The van der Waals surface area contributed by atoms with E-state index in [2.05, 4.69) is 27.8 Å². The number of rotatable bonds is 6. The predicted octanol–water partition coefficient (Wildman–Crippen LogP) is 3.34. The molecule has 1 aliphatic heterocycles. The molecule has 0 spiro atoms. The van der Waals surface area contributed by atoms with Gasteiger partial charge in [0.2, 0.25) is 5.91 Å². The smallest absolute Gasteiger partial charge is 0.319 e. The summed E-state index contributed by atoms with van der Waals surface area (Å²) >= 11 is 0. The molecular weight excluding hydrogens is 316 g/mol. The van der Waals surface area contributed by atoms with Crippen molar-refractivity contribution in [1.29, 1.82) is 0 Å². The number of carbonyl (C=O) groups is 2. The molecule has 138 valence electrons. The third kappa shape index (κ3) is 6.05. The molecule has 3 N–H and O–H groups in total. The Morgan fingerprint density at radius 3 is 2.52 bits per heavy atom. The SMILES string of the molecule is CCCN1CCC(NC(=O)Nc2cc(NC(=O)CC)ccc2C)CC1. The van der Waals surface area contributed by atoms with Gasteiger partial charge in [0.05, 0.1) is 0 Å². The van der Waals surface area contributed by atoms with Gasteiger partial charge in [0.1, 0.15) is 0 Å². The monoisotopic (exact) mass is 346 g/mol. The molecule has 0 radical (unpaired) electrons. The second kappa shape index (κ2) is 9.42. The topological polar surface area (TPSA) is 73.5 Å². The minimum atomic E-state index is -0.184. The molecule has 6 heteroatoms. The van der Waals surface area contributed by atoms with Gasteiger partial charge in [-0.15, -0.1) is 0 Å². The summed E-state index contributed by atoms with van der Waals surface area (Å²) < 4.78 is 0. The van der Waals surface area contributed by atoms with Crippen molar-refractivity contribution < 1.29 is 9.59 Å². The molecule has 6 nitrogen and oxygen atoms in total. The largest absolute Gasteiger partial charge is 0.335 e. The molecule has 1 saturated heterocycles. The number of aryl methyl sites for hydroxylation is 1. The van der Waals surface area contributed by atoms with Crippen LogP contribution in [0.25, 0.3) is 0 Å². The lowest BCUT2D eigenvalue weighted by molar-refractivity contribution is -0.115. The highest BCUT2D eigenvalue weighted by atomic mass is 16.2. The van der Waals surface area contributed by atoms with Crippen LogP contribution in [0.3, 0.4) is 0 Å². The molecular formula is C19H30N4O2. The molecule has 0 aromatic heterocycles. The Labute approximate surface area is 150 Å². The lowest BCUT2D eigenvalue weighted by Gasteiger charge is -2.32. The molecule has 25 heavy (non-hydrogen) atoms. The zero-order valence-electron chi connectivity index (χ0n) is 15.5. The van der Waals surface area contributed by atoms with Gasteiger partial charge in [-0.05, 0) is 50.4 Å². The third-order valence-corrected chi connectivity index (χ3v) is 4.55. The number of anilines is 2. The first kappa shape index (κ1) is 19.2. The first-order valence-electron chi connectivity index (χ1n) is 9.22. The first-order valence-corrected chi connectivity index (χ1v) is 9.22. The number of nitrogens with one attached hydrogen (secondary N) is 3. The summed E-state index contributed by atoms with van der Waals surface area (Å²) in [5.74, 6) is -0.0434. The van der Waals surface area contributed by atoms with Crippen LogP contribution < -0.4 is 16.0 Å². The number of hydrogen-bond acceptors (Lipinski definition) is 3. The van der Waals surface area contributed by atoms with Crippen molar-refractivity contribution in [1.82, 2.24) is 10.2 Å². The lowest BCUT2D eigenvalue weighted by atomic mass is 10.1. The van der Waals surface area contributed by atoms with E-state index in [-0.39, 0.29) is 18.0 Å². The van der Waals surface area contributed by atoms with Crippen LogP contribution in [0.15, 0.2) is 18.2 Å². The maximum Gasteiger partial charge on any atom is 0.319 e. The van der Waals surface area contributed by atoms with E-state index in [1.807, 2.05) is 26.0 Å². The molecule has 1 aromatic rings. The number of piperidine rings is 1. The molecule has 1 heterocycles. The van der Waals surface area contributed by atoms with Crippen molar-refractivity contribution in [2.75, 3.05) is 30.3 Å². The molecule has 0 bridgehead atoms. The minimum absolute atomic E-state index is 0.0434. The zero-order chi connectivity index (χ0) is 18.2. The van der Waals surface area contributed by atoms with Crippen molar-refractivity contribution >= 4 is 23.3 Å². The molecule has 0 aliphatic carbocycles. The summed E-state index contributed by atoms with van der Waals surface area (Å²) in [4.78, 5) is 26.3. The summed E-state index contributed by atoms with van der Waals surface area (Å²) in [7, 11) is 0. The molecule has 1 fully saturated rings. The van der Waals surface area contributed by atoms with Crippen molar-refractivity contribution in [3.63, 3.8) is 0 Å². The number of nitrogens with zero attached hydrogens (tertiary/aromatic N) is 1. The summed E-state index contributed by atoms with van der Waals surface area (Å²) in [6.07, 6.45) is 3.56. The Morgan fingerprint density at radius 2 is 1.88 bits per heavy atom. The molecule has 3 amide bonds. The van der Waals surface area contributed by atoms with Crippen LogP contribution in [0.2, 0.25) is 0 Å². The summed E-state index contributed by atoms with van der Waals surface area (Å²) in [5.41, 5.74) is 2.37. The second-order valence-electron chi connectivity index (χ2n) is 6.65. The average Bonchev–Trinajstić information content (AvgIpc) is 2.59. The van der Waals surface area contributed by atoms with Crippen molar-refractivity contribution in [3.05, 3.63) is 23.8 Å². The van der Waals surface area contributed by atoms with Crippen LogP contribution in [0.1, 0.15) is 45.1 Å². The van der Waals surface area contributed by atoms with Gasteiger partial charge in [-0.2, -0.15) is 0 Å². The summed E-state index contributed by atoms with van der Waals surface area (Å²) in [5, 5.41) is 8.79. The highest BCUT2D eigenvalue weighted by Crippen LogP contribution is 2.20. The molecule has 2 rings (SSSR count). The van der Waals surface area contributed by atoms with E-state index in [4.69, 9.17) is 0 Å². The molecule has 1 aromatic carbocycles. The Balaban J connectivity index is 1.88. The molecule has 0 atom stereocenters. The van der Waals surface area contributed by atoms with Gasteiger partial charge in [-0.25, -0.2) is 4.79 Å². The van der Waals surface area contributed by atoms with Gasteiger partial charge in [0.25, 0.3) is 0 Å². The van der Waals surface area contributed by atoms with Crippen LogP contribution in [0.4, 0.5) is 16.2 Å². The van der Waals surface area contributed by atoms with E-state index in [1.54, 1.807) is 6.07 Å². The third-order valence-electron chi connectivity index (χ3n) is 4.55. The van der Waals surface area contributed by atoms with E-state index in [1.165, 1.54) is 6.42 Å². The highest BCUT2D eigenvalue weighted by molar-refractivity contribution is 5.94. The van der Waals surface area contributed by atoms with E-state index in [0.29, 0.717) is 12.1 Å². The quantitative estimate of drug-likeness (QED) is 0.740. The normalized spacial score (nSPS) is 15.6. The minimum Gasteiger partial charge on any atom is -0.335 e. The Kier molecular flexibility index (Phi) is 7.25. The van der Waals surface area contributed by atoms with E-state index in [9.17, 15) is 9.59 Å². The van der Waals surface area contributed by atoms with Crippen LogP contribution in [-0.2, 0) is 4.79 Å². The average molecular weight is 346 g/mol. The maximum absolute atomic E-state index is 12.3.